The molecule has 4 aromatic rings. The maximum atomic E-state index is 17.4. The number of halogens is 1. The quantitative estimate of drug-likeness (QED) is 0.271. The first-order valence-corrected chi connectivity index (χ1v) is 19.5. The zero-order valence-electron chi connectivity index (χ0n) is 31.6. The Hall–Kier alpha value is -3.95. The molecule has 284 valence electrons. The van der Waals surface area contributed by atoms with Crippen LogP contribution in [0.1, 0.15) is 62.9 Å². The minimum atomic E-state index is -0.882. The van der Waals surface area contributed by atoms with Crippen LogP contribution in [0.15, 0.2) is 29.8 Å². The number of likely N-dealkylation sites (N-methyl/N-ethyl adjacent to an activating group) is 1. The summed E-state index contributed by atoms with van der Waals surface area (Å²) >= 11 is 1.35. The number of hydrogen-bond acceptors (Lipinski definition) is 11. The first-order valence-electron chi connectivity index (χ1n) is 18.6. The minimum Gasteiger partial charge on any atom is -0.464 e. The largest absolute Gasteiger partial charge is 0.464 e. The van der Waals surface area contributed by atoms with E-state index in [0.717, 1.165) is 59.8 Å². The second kappa shape index (κ2) is 15.1. The number of nitrogens with two attached hydrogens (primary N) is 1. The van der Waals surface area contributed by atoms with Crippen LogP contribution in [-0.4, -0.2) is 102 Å². The first kappa shape index (κ1) is 37.4. The van der Waals surface area contributed by atoms with Crippen molar-refractivity contribution in [3.63, 3.8) is 0 Å². The van der Waals surface area contributed by atoms with E-state index in [-0.39, 0.29) is 30.9 Å². The van der Waals surface area contributed by atoms with Gasteiger partial charge in [-0.05, 0) is 50.9 Å². The lowest BCUT2D eigenvalue weighted by Crippen LogP contribution is -2.59. The summed E-state index contributed by atoms with van der Waals surface area (Å²) < 4.78 is 31.4. The van der Waals surface area contributed by atoms with E-state index in [1.165, 1.54) is 16.3 Å². The number of ether oxygens (including phenoxy) is 2. The number of fused-ring (bicyclic) bond motifs is 6. The van der Waals surface area contributed by atoms with E-state index < -0.39 is 23.5 Å². The highest BCUT2D eigenvalue weighted by molar-refractivity contribution is 7.10. The molecular formula is C39H51FN8O4S. The lowest BCUT2D eigenvalue weighted by atomic mass is 9.93. The molecule has 0 saturated carbocycles. The first-order chi connectivity index (χ1) is 25.4. The summed E-state index contributed by atoms with van der Waals surface area (Å²) in [6.07, 6.45) is 3.60. The lowest BCUT2D eigenvalue weighted by molar-refractivity contribution is -0.155. The smallest absolute Gasteiger partial charge is 0.324 e. The second-order valence-electron chi connectivity index (χ2n) is 15.4. The number of aromatic nitrogens is 3. The number of carbonyl (C=O) groups excluding carboxylic acids is 2. The molecule has 3 aliphatic heterocycles. The number of benzene rings is 1. The van der Waals surface area contributed by atoms with Gasteiger partial charge >= 0.3 is 5.97 Å². The number of hydrazine groups is 1. The van der Waals surface area contributed by atoms with Crippen molar-refractivity contribution in [3.05, 3.63) is 51.9 Å². The maximum Gasteiger partial charge on any atom is 0.324 e. The SMILES string of the molecule is CCc1c(-c2cc(N3CCN(C)CC3)cnc2[C@H](C)OC)n2c3c(F)c(ccc13)-c1csc(n1)C[C@H](N)C(=O)N1CCC[C@H](N1)C(=O)OCC(C)(C)C2. The third-order valence-corrected chi connectivity index (χ3v) is 11.7. The lowest BCUT2D eigenvalue weighted by Gasteiger charge is -2.35. The van der Waals surface area contributed by atoms with Crippen LogP contribution >= 0.6 is 11.3 Å². The predicted octanol–water partition coefficient (Wildman–Crippen LogP) is 4.94. The van der Waals surface area contributed by atoms with Crippen molar-refractivity contribution < 1.29 is 23.5 Å². The Morgan fingerprint density at radius 1 is 1.17 bits per heavy atom. The number of carbonyl (C=O) groups is 2. The number of amides is 1. The molecule has 1 amide bonds. The number of cyclic esters (lactones) is 1. The second-order valence-corrected chi connectivity index (χ2v) is 16.4. The number of pyridine rings is 1. The van der Waals surface area contributed by atoms with Crippen molar-refractivity contribution in [2.45, 2.75) is 78.1 Å². The van der Waals surface area contributed by atoms with Gasteiger partial charge in [0.25, 0.3) is 5.91 Å². The molecule has 2 fully saturated rings. The number of anilines is 1. The van der Waals surface area contributed by atoms with Crippen LogP contribution in [-0.2, 0) is 38.4 Å². The van der Waals surface area contributed by atoms with E-state index in [2.05, 4.69) is 39.8 Å². The van der Waals surface area contributed by atoms with Crippen LogP contribution in [0.5, 0.6) is 0 Å². The number of aryl methyl sites for hydroxylation is 1. The number of methoxy groups -OCH3 is 1. The van der Waals surface area contributed by atoms with E-state index in [0.29, 0.717) is 54.1 Å². The van der Waals surface area contributed by atoms with Gasteiger partial charge in [0.2, 0.25) is 0 Å². The number of nitrogens with one attached hydrogen (secondary N) is 1. The van der Waals surface area contributed by atoms with Crippen molar-refractivity contribution in [1.82, 2.24) is 29.9 Å². The van der Waals surface area contributed by atoms with Crippen LogP contribution in [0.4, 0.5) is 10.1 Å². The fourth-order valence-corrected chi connectivity index (χ4v) is 8.64. The van der Waals surface area contributed by atoms with E-state index in [1.807, 2.05) is 38.4 Å². The number of nitrogens with zero attached hydrogens (tertiary/aromatic N) is 6. The van der Waals surface area contributed by atoms with Crippen molar-refractivity contribution in [3.8, 4) is 22.5 Å². The highest BCUT2D eigenvalue weighted by Gasteiger charge is 2.35. The molecular weight excluding hydrogens is 696 g/mol. The number of piperazine rings is 1. The molecule has 14 heteroatoms. The molecule has 0 aliphatic carbocycles. The number of thiazole rings is 1. The third-order valence-electron chi connectivity index (χ3n) is 10.9. The Balaban J connectivity index is 1.43. The summed E-state index contributed by atoms with van der Waals surface area (Å²) in [5.41, 5.74) is 14.7. The van der Waals surface area contributed by atoms with E-state index in [4.69, 9.17) is 25.2 Å². The predicted molar refractivity (Wildman–Crippen MR) is 205 cm³/mol. The Morgan fingerprint density at radius 2 is 1.94 bits per heavy atom. The van der Waals surface area contributed by atoms with Crippen LogP contribution in [0, 0.1) is 11.2 Å². The monoisotopic (exact) mass is 746 g/mol. The Labute approximate surface area is 314 Å². The van der Waals surface area contributed by atoms with Gasteiger partial charge in [0.05, 0.1) is 58.2 Å². The van der Waals surface area contributed by atoms with Crippen LogP contribution in [0.3, 0.4) is 0 Å². The van der Waals surface area contributed by atoms with Gasteiger partial charge < -0.3 is 29.6 Å². The number of hydrogen-bond donors (Lipinski definition) is 2. The summed E-state index contributed by atoms with van der Waals surface area (Å²) in [5.74, 6) is -1.14. The topological polar surface area (TPSA) is 131 Å². The summed E-state index contributed by atoms with van der Waals surface area (Å²) in [6, 6.07) is 4.41. The van der Waals surface area contributed by atoms with E-state index in [9.17, 15) is 9.59 Å². The summed E-state index contributed by atoms with van der Waals surface area (Å²) in [7, 11) is 3.81. The molecule has 1 aromatic carbocycles. The molecule has 0 unspecified atom stereocenters. The Morgan fingerprint density at radius 3 is 2.68 bits per heavy atom. The standard InChI is InChI=1S/C39H51FN8O4S/c1-7-25-26-10-11-27-31-20-53-32(43-31)18-29(41)37(49)48-12-8-9-30(44-48)38(50)52-22-39(3,4)21-47(36(26)33(27)40)35(25)28-17-24(19-42-34(28)23(2)51-6)46-15-13-45(5)14-16-46/h10-11,17,19-20,23,29-30,44H,7-9,12-16,18,21-22,41H2,1-6H3/t23-,29-,30-/m0/s1. The highest BCUT2D eigenvalue weighted by atomic mass is 32.1. The summed E-state index contributed by atoms with van der Waals surface area (Å²) in [5, 5.41) is 4.70. The Bertz CT molecular complexity index is 2000. The van der Waals surface area contributed by atoms with Gasteiger partial charge in [0.15, 0.2) is 5.82 Å². The molecule has 12 nitrogen and oxygen atoms in total. The van der Waals surface area contributed by atoms with E-state index >= 15 is 4.39 Å². The molecule has 6 heterocycles. The zero-order valence-corrected chi connectivity index (χ0v) is 32.4. The molecule has 7 rings (SSSR count). The molecule has 2 saturated heterocycles. The third kappa shape index (κ3) is 7.31. The van der Waals surface area contributed by atoms with Crippen molar-refractivity contribution in [2.75, 3.05) is 58.4 Å². The van der Waals surface area contributed by atoms with Gasteiger partial charge in [0, 0.05) is 80.1 Å². The molecule has 6 bridgehead atoms. The average Bonchev–Trinajstić information content (AvgIpc) is 3.75. The fourth-order valence-electron chi connectivity index (χ4n) is 7.78. The molecule has 3 atom stereocenters. The number of esters is 1. The molecule has 3 aliphatic rings. The average molecular weight is 747 g/mol. The zero-order chi connectivity index (χ0) is 37.6. The fraction of sp³-hybridized carbons (Fsp3) is 0.538. The molecule has 3 N–H and O–H groups in total. The van der Waals surface area contributed by atoms with E-state index in [1.54, 1.807) is 13.2 Å². The normalized spacial score (nSPS) is 22.2. The van der Waals surface area contributed by atoms with Gasteiger partial charge in [-0.2, -0.15) is 0 Å². The van der Waals surface area contributed by atoms with Crippen molar-refractivity contribution >= 4 is 39.8 Å². The minimum absolute atomic E-state index is 0.0791. The van der Waals surface area contributed by atoms with Crippen LogP contribution in [0.2, 0.25) is 0 Å². The molecule has 3 aromatic heterocycles. The maximum absolute atomic E-state index is 17.4. The highest BCUT2D eigenvalue weighted by Crippen LogP contribution is 2.43. The van der Waals surface area contributed by atoms with Crippen LogP contribution in [0.25, 0.3) is 33.4 Å². The van der Waals surface area contributed by atoms with Gasteiger partial charge in [0.1, 0.15) is 6.04 Å². The molecule has 0 radical (unpaired) electrons. The van der Waals surface area contributed by atoms with Gasteiger partial charge in [-0.15, -0.1) is 11.3 Å². The number of rotatable bonds is 5. The van der Waals surface area contributed by atoms with Gasteiger partial charge in [-0.1, -0.05) is 26.8 Å². The van der Waals surface area contributed by atoms with Gasteiger partial charge in [-0.25, -0.2) is 14.8 Å². The van der Waals surface area contributed by atoms with Crippen LogP contribution < -0.4 is 16.1 Å². The summed E-state index contributed by atoms with van der Waals surface area (Å²) in [4.78, 5) is 41.3. The summed E-state index contributed by atoms with van der Waals surface area (Å²) in [6.45, 7) is 12.6. The molecule has 0 spiro atoms. The van der Waals surface area contributed by atoms with Crippen molar-refractivity contribution in [1.29, 1.82) is 0 Å². The Kier molecular flexibility index (Phi) is 10.6. The molecule has 53 heavy (non-hydrogen) atoms. The van der Waals surface area contributed by atoms with Crippen molar-refractivity contribution in [2.24, 2.45) is 11.1 Å². The van der Waals surface area contributed by atoms with Gasteiger partial charge in [-0.3, -0.25) is 19.6 Å².